The Kier molecular flexibility index (Phi) is 10.1. The van der Waals surface area contributed by atoms with Gasteiger partial charge in [-0.2, -0.15) is 0 Å². The topological polar surface area (TPSA) is 71.0 Å². The summed E-state index contributed by atoms with van der Waals surface area (Å²) >= 11 is 6.58. The summed E-state index contributed by atoms with van der Waals surface area (Å²) in [7, 11) is 4.34. The van der Waals surface area contributed by atoms with Gasteiger partial charge in [0.25, 0.3) is 0 Å². The summed E-state index contributed by atoms with van der Waals surface area (Å²) in [6.07, 6.45) is 7.07. The van der Waals surface area contributed by atoms with Crippen molar-refractivity contribution >= 4 is 17.3 Å². The Labute approximate surface area is 217 Å². The largest absolute Gasteiger partial charge is 0.374 e. The van der Waals surface area contributed by atoms with E-state index < -0.39 is 12.5 Å². The van der Waals surface area contributed by atoms with Gasteiger partial charge in [-0.15, -0.1) is 0 Å². The van der Waals surface area contributed by atoms with E-state index in [1.54, 1.807) is 0 Å². The van der Waals surface area contributed by atoms with Crippen molar-refractivity contribution < 1.29 is 10.2 Å². The number of nitrogens with zero attached hydrogens (tertiary/aromatic N) is 2. The zero-order chi connectivity index (χ0) is 25.7. The lowest BCUT2D eigenvalue weighted by atomic mass is 9.88. The summed E-state index contributed by atoms with van der Waals surface area (Å²) in [6.45, 7) is 9.65. The van der Waals surface area contributed by atoms with E-state index in [9.17, 15) is 10.2 Å². The van der Waals surface area contributed by atoms with Crippen LogP contribution >= 0.6 is 11.6 Å². The number of anilines is 1. The molecule has 2 atom stereocenters. The third kappa shape index (κ3) is 6.80. The number of benzene rings is 1. The molecule has 2 aliphatic rings. The number of dihydropyridines is 1. The molecular formula is C28H45ClN4O2. The molecule has 0 spiro atoms. The molecule has 0 radical (unpaired) electrons. The Bertz CT molecular complexity index is 922. The third-order valence-electron chi connectivity index (χ3n) is 7.67. The van der Waals surface area contributed by atoms with Crippen molar-refractivity contribution in [2.45, 2.75) is 90.8 Å². The maximum atomic E-state index is 11.2. The van der Waals surface area contributed by atoms with Crippen molar-refractivity contribution in [1.29, 1.82) is 0 Å². The number of nitrogens with one attached hydrogen (secondary N) is 2. The van der Waals surface area contributed by atoms with E-state index >= 15 is 0 Å². The van der Waals surface area contributed by atoms with E-state index in [1.807, 2.05) is 19.1 Å². The van der Waals surface area contributed by atoms with Gasteiger partial charge < -0.3 is 25.3 Å². The van der Waals surface area contributed by atoms with E-state index in [0.29, 0.717) is 23.7 Å². The molecule has 0 aromatic heterocycles. The van der Waals surface area contributed by atoms with E-state index in [2.05, 4.69) is 61.4 Å². The van der Waals surface area contributed by atoms with Crippen molar-refractivity contribution in [1.82, 2.24) is 15.5 Å². The minimum atomic E-state index is -0.884. The van der Waals surface area contributed by atoms with Crippen LogP contribution in [0.4, 0.5) is 5.69 Å². The summed E-state index contributed by atoms with van der Waals surface area (Å²) in [5.41, 5.74) is 5.91. The lowest BCUT2D eigenvalue weighted by Crippen LogP contribution is -2.42. The monoisotopic (exact) mass is 504 g/mol. The molecule has 3 rings (SSSR count). The molecule has 1 heterocycles. The molecule has 196 valence electrons. The molecule has 0 saturated heterocycles. The first-order valence-corrected chi connectivity index (χ1v) is 13.5. The molecular weight excluding hydrogens is 460 g/mol. The molecule has 1 aromatic rings. The van der Waals surface area contributed by atoms with Crippen LogP contribution in [0.2, 0.25) is 5.02 Å². The number of aliphatic hydroxyl groups excluding tert-OH is 2. The molecule has 35 heavy (non-hydrogen) atoms. The highest BCUT2D eigenvalue weighted by molar-refractivity contribution is 6.31. The Morgan fingerprint density at radius 2 is 1.77 bits per heavy atom. The number of hydrogen-bond donors (Lipinski definition) is 4. The Morgan fingerprint density at radius 3 is 2.37 bits per heavy atom. The Balaban J connectivity index is 1.79. The fraction of sp³-hybridized carbons (Fsp3) is 0.643. The molecule has 1 aromatic carbocycles. The van der Waals surface area contributed by atoms with Crippen LogP contribution in [0, 0.1) is 6.92 Å². The van der Waals surface area contributed by atoms with E-state index in [-0.39, 0.29) is 0 Å². The molecule has 1 aliphatic carbocycles. The number of aliphatic hydroxyl groups is 2. The average molecular weight is 505 g/mol. The van der Waals surface area contributed by atoms with Crippen molar-refractivity contribution in [2.24, 2.45) is 0 Å². The van der Waals surface area contributed by atoms with Crippen LogP contribution in [-0.4, -0.2) is 60.6 Å². The first-order valence-electron chi connectivity index (χ1n) is 13.2. The summed E-state index contributed by atoms with van der Waals surface area (Å²) in [6, 6.07) is 5.03. The minimum absolute atomic E-state index is 0.391. The molecule has 6 nitrogen and oxygen atoms in total. The quantitative estimate of drug-likeness (QED) is 0.341. The molecule has 1 aliphatic heterocycles. The average Bonchev–Trinajstić information content (AvgIpc) is 2.81. The van der Waals surface area contributed by atoms with Crippen LogP contribution < -0.4 is 15.5 Å². The smallest absolute Gasteiger partial charge is 0.148 e. The molecule has 4 N–H and O–H groups in total. The van der Waals surface area contributed by atoms with Crippen molar-refractivity contribution in [3.05, 3.63) is 51.2 Å². The highest BCUT2D eigenvalue weighted by atomic mass is 35.5. The molecule has 2 unspecified atom stereocenters. The molecule has 0 amide bonds. The number of allylic oxidation sites excluding steroid dienone is 3. The lowest BCUT2D eigenvalue weighted by Gasteiger charge is -2.40. The fourth-order valence-electron chi connectivity index (χ4n) is 5.68. The molecule has 0 bridgehead atoms. The van der Waals surface area contributed by atoms with Gasteiger partial charge in [0.05, 0.1) is 0 Å². The Hall–Kier alpha value is -1.57. The maximum Gasteiger partial charge on any atom is 0.148 e. The van der Waals surface area contributed by atoms with Crippen LogP contribution in [0.1, 0.15) is 76.7 Å². The standard InChI is InChI=1S/C28H45ClN4O2/c1-7-9-20-14-18(3)31-28(35)25(20)17-30-27(34)24-15-21(29)16-26(19(24)4)33(8-2)23-12-10-22(11-13-23)32(5)6/h14-16,22-23,27-28,30-31,34-35H,7-13,17H2,1-6H3/t22-,23-,27?,28?. The van der Waals surface area contributed by atoms with Crippen molar-refractivity contribution in [3.8, 4) is 0 Å². The summed E-state index contributed by atoms with van der Waals surface area (Å²) in [5, 5.41) is 28.7. The van der Waals surface area contributed by atoms with Crippen molar-refractivity contribution in [3.63, 3.8) is 0 Å². The van der Waals surface area contributed by atoms with Crippen LogP contribution in [0.3, 0.4) is 0 Å². The maximum absolute atomic E-state index is 11.2. The second-order valence-corrected chi connectivity index (χ2v) is 10.7. The molecule has 1 saturated carbocycles. The zero-order valence-corrected chi connectivity index (χ0v) is 23.1. The van der Waals surface area contributed by atoms with Crippen LogP contribution in [0.5, 0.6) is 0 Å². The van der Waals surface area contributed by atoms with E-state index in [4.69, 9.17) is 11.6 Å². The highest BCUT2D eigenvalue weighted by Gasteiger charge is 2.28. The highest BCUT2D eigenvalue weighted by Crippen LogP contribution is 2.35. The first-order chi connectivity index (χ1) is 16.7. The van der Waals surface area contributed by atoms with Crippen LogP contribution in [-0.2, 0) is 0 Å². The normalized spacial score (nSPS) is 23.8. The van der Waals surface area contributed by atoms with Gasteiger partial charge in [-0.25, -0.2) is 0 Å². The van der Waals surface area contributed by atoms with Gasteiger partial charge in [0, 0.05) is 47.1 Å². The second kappa shape index (κ2) is 12.6. The van der Waals surface area contributed by atoms with Gasteiger partial charge in [-0.3, -0.25) is 5.32 Å². The fourth-order valence-corrected chi connectivity index (χ4v) is 5.90. The first kappa shape index (κ1) is 28.0. The Morgan fingerprint density at radius 1 is 1.11 bits per heavy atom. The third-order valence-corrected chi connectivity index (χ3v) is 7.89. The lowest BCUT2D eigenvalue weighted by molar-refractivity contribution is 0.133. The predicted octanol–water partition coefficient (Wildman–Crippen LogP) is 4.85. The summed E-state index contributed by atoms with van der Waals surface area (Å²) in [4.78, 5) is 4.81. The van der Waals surface area contributed by atoms with Gasteiger partial charge >= 0.3 is 0 Å². The SMILES string of the molecule is CCCC1=C(CNC(O)c2cc(Cl)cc(N(CC)[C@H]3CC[C@H](N(C)C)CC3)c2C)C(O)NC(C)=C1. The zero-order valence-electron chi connectivity index (χ0n) is 22.4. The predicted molar refractivity (Wildman–Crippen MR) is 147 cm³/mol. The number of halogens is 1. The van der Waals surface area contributed by atoms with E-state index in [1.165, 1.54) is 12.8 Å². The van der Waals surface area contributed by atoms with Gasteiger partial charge in [0.2, 0.25) is 0 Å². The minimum Gasteiger partial charge on any atom is -0.374 e. The van der Waals surface area contributed by atoms with E-state index in [0.717, 1.165) is 65.9 Å². The second-order valence-electron chi connectivity index (χ2n) is 10.3. The van der Waals surface area contributed by atoms with Gasteiger partial charge in [-0.05, 0) is 102 Å². The number of rotatable bonds is 10. The van der Waals surface area contributed by atoms with Gasteiger partial charge in [0.1, 0.15) is 12.5 Å². The van der Waals surface area contributed by atoms with Gasteiger partial charge in [0.15, 0.2) is 0 Å². The van der Waals surface area contributed by atoms with Crippen LogP contribution in [0.15, 0.2) is 35.1 Å². The summed E-state index contributed by atoms with van der Waals surface area (Å²) in [5.74, 6) is 0. The van der Waals surface area contributed by atoms with Crippen LogP contribution in [0.25, 0.3) is 0 Å². The molecule has 7 heteroatoms. The summed E-state index contributed by atoms with van der Waals surface area (Å²) < 4.78 is 0. The van der Waals surface area contributed by atoms with Gasteiger partial charge in [-0.1, -0.05) is 24.9 Å². The van der Waals surface area contributed by atoms with Crippen molar-refractivity contribution in [2.75, 3.05) is 32.1 Å². The molecule has 1 fully saturated rings. The number of hydrogen-bond acceptors (Lipinski definition) is 6.